The minimum absolute atomic E-state index is 0.0669. The summed E-state index contributed by atoms with van der Waals surface area (Å²) < 4.78 is 69.5. The van der Waals surface area contributed by atoms with Crippen LogP contribution >= 0.6 is 0 Å². The highest BCUT2D eigenvalue weighted by molar-refractivity contribution is 7.90. The highest BCUT2D eigenvalue weighted by atomic mass is 32.2. The molecule has 3 N–H and O–H groups in total. The van der Waals surface area contributed by atoms with Gasteiger partial charge in [0.15, 0.2) is 9.84 Å². The minimum Gasteiger partial charge on any atom is -0.403 e. The van der Waals surface area contributed by atoms with Crippen LogP contribution in [0, 0.1) is 6.92 Å². The number of carbonyl (C=O) groups excluding carboxylic acids is 1. The van der Waals surface area contributed by atoms with Crippen LogP contribution < -0.4 is 16.6 Å². The maximum absolute atomic E-state index is 13.4. The standard InChI is InChI=1S/C24H20F3N5O5S/c1-13-18(21-30-31-23(28)37-21)11-19(20(33)29-12-14-6-8-17(9-7-14)38(2,35)36)22(34)32(13)16-5-3-4-15(10-16)24(25,26)27/h3-11H,12H2,1-2H3,(H2,28,31)(H,29,33). The summed E-state index contributed by atoms with van der Waals surface area (Å²) in [5.41, 5.74) is 3.87. The number of aromatic nitrogens is 3. The molecule has 0 aliphatic carbocycles. The highest BCUT2D eigenvalue weighted by Crippen LogP contribution is 2.31. The molecule has 4 rings (SSSR count). The summed E-state index contributed by atoms with van der Waals surface area (Å²) in [4.78, 5) is 26.6. The van der Waals surface area contributed by atoms with Crippen molar-refractivity contribution in [1.29, 1.82) is 0 Å². The number of rotatable bonds is 6. The van der Waals surface area contributed by atoms with Gasteiger partial charge in [0.2, 0.25) is 0 Å². The fourth-order valence-electron chi connectivity index (χ4n) is 3.69. The van der Waals surface area contributed by atoms with Crippen molar-refractivity contribution in [2.45, 2.75) is 24.5 Å². The Bertz CT molecular complexity index is 1690. The predicted molar refractivity (Wildman–Crippen MR) is 130 cm³/mol. The predicted octanol–water partition coefficient (Wildman–Crippen LogP) is 3.13. The maximum Gasteiger partial charge on any atom is 0.416 e. The molecule has 198 valence electrons. The molecule has 10 nitrogen and oxygen atoms in total. The first-order chi connectivity index (χ1) is 17.8. The van der Waals surface area contributed by atoms with Crippen LogP contribution in [0.1, 0.15) is 27.2 Å². The third-order valence-corrected chi connectivity index (χ3v) is 6.73. The van der Waals surface area contributed by atoms with E-state index in [0.29, 0.717) is 5.56 Å². The Morgan fingerprint density at radius 3 is 2.37 bits per heavy atom. The maximum atomic E-state index is 13.4. The number of amides is 1. The zero-order valence-electron chi connectivity index (χ0n) is 19.9. The van der Waals surface area contributed by atoms with Gasteiger partial charge in [0.25, 0.3) is 17.4 Å². The van der Waals surface area contributed by atoms with E-state index in [-0.39, 0.29) is 40.3 Å². The normalized spacial score (nSPS) is 11.9. The van der Waals surface area contributed by atoms with Gasteiger partial charge in [0, 0.05) is 24.2 Å². The summed E-state index contributed by atoms with van der Waals surface area (Å²) >= 11 is 0. The zero-order chi connectivity index (χ0) is 27.8. The van der Waals surface area contributed by atoms with E-state index in [9.17, 15) is 31.2 Å². The Labute approximate surface area is 213 Å². The van der Waals surface area contributed by atoms with Gasteiger partial charge >= 0.3 is 12.2 Å². The summed E-state index contributed by atoms with van der Waals surface area (Å²) in [6.07, 6.45) is -3.61. The van der Waals surface area contributed by atoms with E-state index < -0.39 is 38.6 Å². The molecule has 1 amide bonds. The van der Waals surface area contributed by atoms with Gasteiger partial charge in [-0.25, -0.2) is 8.42 Å². The summed E-state index contributed by atoms with van der Waals surface area (Å²) in [5.74, 6) is -0.984. The van der Waals surface area contributed by atoms with Crippen LogP contribution in [0.25, 0.3) is 17.1 Å². The second-order valence-corrected chi connectivity index (χ2v) is 10.3. The second-order valence-electron chi connectivity index (χ2n) is 8.29. The first-order valence-corrected chi connectivity index (χ1v) is 12.8. The average Bonchev–Trinajstić information content (AvgIpc) is 3.28. The first kappa shape index (κ1) is 26.6. The van der Waals surface area contributed by atoms with Crippen LogP contribution in [0.4, 0.5) is 19.2 Å². The molecule has 0 unspecified atom stereocenters. The van der Waals surface area contributed by atoms with E-state index in [4.69, 9.17) is 10.2 Å². The number of halogens is 3. The largest absolute Gasteiger partial charge is 0.416 e. The summed E-state index contributed by atoms with van der Waals surface area (Å²) in [5, 5.41) is 9.89. The lowest BCUT2D eigenvalue weighted by Gasteiger charge is -2.16. The number of nitrogens with two attached hydrogens (primary N) is 1. The van der Waals surface area contributed by atoms with E-state index in [1.807, 2.05) is 0 Å². The quantitative estimate of drug-likeness (QED) is 0.374. The number of hydrogen-bond acceptors (Lipinski definition) is 8. The van der Waals surface area contributed by atoms with Crippen LogP contribution in [0.2, 0.25) is 0 Å². The molecule has 0 radical (unpaired) electrons. The van der Waals surface area contributed by atoms with Crippen molar-refractivity contribution >= 4 is 21.8 Å². The van der Waals surface area contributed by atoms with Crippen molar-refractivity contribution in [3.8, 4) is 17.1 Å². The molecule has 0 atom stereocenters. The lowest BCUT2D eigenvalue weighted by molar-refractivity contribution is -0.137. The smallest absolute Gasteiger partial charge is 0.403 e. The number of nitrogen functional groups attached to an aromatic ring is 1. The van der Waals surface area contributed by atoms with Crippen LogP contribution in [-0.2, 0) is 22.6 Å². The Morgan fingerprint density at radius 1 is 1.11 bits per heavy atom. The van der Waals surface area contributed by atoms with Crippen molar-refractivity contribution in [3.63, 3.8) is 0 Å². The molecular weight excluding hydrogens is 527 g/mol. The number of nitrogens with zero attached hydrogens (tertiary/aromatic N) is 3. The van der Waals surface area contributed by atoms with Gasteiger partial charge < -0.3 is 15.5 Å². The Kier molecular flexibility index (Phi) is 6.84. The summed E-state index contributed by atoms with van der Waals surface area (Å²) in [7, 11) is -3.41. The number of alkyl halides is 3. The number of hydrogen-bond donors (Lipinski definition) is 2. The summed E-state index contributed by atoms with van der Waals surface area (Å²) in [6, 6.07) is 10.7. The molecule has 0 saturated carbocycles. The molecule has 0 fully saturated rings. The van der Waals surface area contributed by atoms with Gasteiger partial charge in [-0.3, -0.25) is 14.2 Å². The zero-order valence-corrected chi connectivity index (χ0v) is 20.7. The topological polar surface area (TPSA) is 150 Å². The molecule has 0 aliphatic heterocycles. The Hall–Kier alpha value is -4.46. The van der Waals surface area contributed by atoms with Crippen molar-refractivity contribution in [3.05, 3.63) is 87.3 Å². The molecule has 0 aliphatic rings. The van der Waals surface area contributed by atoms with Crippen LogP contribution in [0.3, 0.4) is 0 Å². The van der Waals surface area contributed by atoms with Gasteiger partial charge in [0.05, 0.1) is 16.0 Å². The van der Waals surface area contributed by atoms with Crippen LogP contribution in [-0.4, -0.2) is 35.3 Å². The third kappa shape index (κ3) is 5.44. The molecule has 2 aromatic heterocycles. The minimum atomic E-state index is -4.67. The average molecular weight is 548 g/mol. The van der Waals surface area contributed by atoms with E-state index in [0.717, 1.165) is 29.0 Å². The molecule has 2 aromatic carbocycles. The number of benzene rings is 2. The SMILES string of the molecule is Cc1c(-c2nnc(N)o2)cc(C(=O)NCc2ccc(S(C)(=O)=O)cc2)c(=O)n1-c1cccc(C(F)(F)F)c1. The number of sulfone groups is 1. The lowest BCUT2D eigenvalue weighted by atomic mass is 10.1. The molecule has 0 spiro atoms. The van der Waals surface area contributed by atoms with Gasteiger partial charge in [-0.05, 0) is 48.9 Å². The summed E-state index contributed by atoms with van der Waals surface area (Å²) in [6.45, 7) is 1.38. The van der Waals surface area contributed by atoms with E-state index >= 15 is 0 Å². The number of anilines is 1. The second kappa shape index (κ2) is 9.78. The highest BCUT2D eigenvalue weighted by Gasteiger charge is 2.31. The molecule has 0 bridgehead atoms. The Balaban J connectivity index is 1.77. The fraction of sp³-hybridized carbons (Fsp3) is 0.167. The number of pyridine rings is 1. The van der Waals surface area contributed by atoms with Crippen LogP contribution in [0.15, 0.2) is 68.7 Å². The fourth-order valence-corrected chi connectivity index (χ4v) is 4.32. The molecular formula is C24H20F3N5O5S. The van der Waals surface area contributed by atoms with Gasteiger partial charge in [-0.1, -0.05) is 23.3 Å². The number of carbonyl (C=O) groups is 1. The number of nitrogens with one attached hydrogen (secondary N) is 1. The van der Waals surface area contributed by atoms with Crippen molar-refractivity contribution in [1.82, 2.24) is 20.1 Å². The van der Waals surface area contributed by atoms with Crippen molar-refractivity contribution < 1.29 is 30.8 Å². The van der Waals surface area contributed by atoms with Gasteiger partial charge in [-0.15, -0.1) is 5.10 Å². The molecule has 14 heteroatoms. The van der Waals surface area contributed by atoms with Crippen molar-refractivity contribution in [2.24, 2.45) is 0 Å². The molecule has 0 saturated heterocycles. The molecule has 4 aromatic rings. The van der Waals surface area contributed by atoms with E-state index in [2.05, 4.69) is 15.5 Å². The Morgan fingerprint density at radius 2 is 1.79 bits per heavy atom. The monoisotopic (exact) mass is 547 g/mol. The van der Waals surface area contributed by atoms with E-state index in [1.54, 1.807) is 0 Å². The molecule has 2 heterocycles. The molecule has 38 heavy (non-hydrogen) atoms. The first-order valence-electron chi connectivity index (χ1n) is 10.9. The van der Waals surface area contributed by atoms with Gasteiger partial charge in [-0.2, -0.15) is 13.2 Å². The third-order valence-electron chi connectivity index (χ3n) is 5.60. The lowest BCUT2D eigenvalue weighted by Crippen LogP contribution is -2.33. The van der Waals surface area contributed by atoms with Crippen molar-refractivity contribution in [2.75, 3.05) is 12.0 Å². The van der Waals surface area contributed by atoms with Crippen LogP contribution in [0.5, 0.6) is 0 Å². The van der Waals surface area contributed by atoms with Gasteiger partial charge in [0.1, 0.15) is 5.56 Å². The van der Waals surface area contributed by atoms with E-state index in [1.165, 1.54) is 43.3 Å².